The summed E-state index contributed by atoms with van der Waals surface area (Å²) in [6, 6.07) is 2.74. The summed E-state index contributed by atoms with van der Waals surface area (Å²) in [4.78, 5) is 21.1. The number of carbonyl (C=O) groups is 1. The Bertz CT molecular complexity index is 1090. The van der Waals surface area contributed by atoms with Gasteiger partial charge in [-0.25, -0.2) is 19.2 Å². The number of aromatic nitrogens is 2. The molecule has 2 aromatic rings. The van der Waals surface area contributed by atoms with E-state index < -0.39 is 20.8 Å². The normalized spacial score (nSPS) is 15.0. The Kier molecular flexibility index (Phi) is 7.14. The van der Waals surface area contributed by atoms with Crippen LogP contribution in [-0.2, 0) is 14.9 Å². The maximum absolute atomic E-state index is 14.2. The van der Waals surface area contributed by atoms with Crippen molar-refractivity contribution in [1.29, 1.82) is 0 Å². The summed E-state index contributed by atoms with van der Waals surface area (Å²) in [5.74, 6) is -0.969. The Balaban J connectivity index is 1.66. The second-order valence-corrected chi connectivity index (χ2v) is 8.94. The Morgan fingerprint density at radius 3 is 2.47 bits per heavy atom. The average Bonchev–Trinajstić information content (AvgIpc) is 2.71. The van der Waals surface area contributed by atoms with Crippen molar-refractivity contribution in [1.82, 2.24) is 14.9 Å². The summed E-state index contributed by atoms with van der Waals surface area (Å²) in [6.45, 7) is 6.19. The third-order valence-corrected chi connectivity index (χ3v) is 5.56. The minimum atomic E-state index is -4.54. The molecule has 1 aliphatic heterocycles. The molecule has 174 valence electrons. The summed E-state index contributed by atoms with van der Waals surface area (Å²) >= 11 is 0. The fraction of sp³-hybridized carbons (Fsp3) is 0.450. The predicted octanol–water partition coefficient (Wildman–Crippen LogP) is 3.35. The van der Waals surface area contributed by atoms with Crippen LogP contribution in [0.5, 0.6) is 17.5 Å². The molecule has 0 bridgehead atoms. The highest BCUT2D eigenvalue weighted by molar-refractivity contribution is 7.85. The van der Waals surface area contributed by atoms with Crippen molar-refractivity contribution in [2.45, 2.75) is 50.7 Å². The second kappa shape index (κ2) is 9.65. The number of benzene rings is 1. The van der Waals surface area contributed by atoms with Crippen LogP contribution in [0.15, 0.2) is 29.4 Å². The first-order valence-corrected chi connectivity index (χ1v) is 11.4. The van der Waals surface area contributed by atoms with Gasteiger partial charge in [0.1, 0.15) is 12.4 Å². The van der Waals surface area contributed by atoms with Crippen LogP contribution >= 0.6 is 0 Å². The van der Waals surface area contributed by atoms with Gasteiger partial charge in [0.25, 0.3) is 10.1 Å². The second-order valence-electron chi connectivity index (χ2n) is 7.52. The Morgan fingerprint density at radius 1 is 1.22 bits per heavy atom. The molecule has 0 spiro atoms. The molecule has 1 amide bonds. The van der Waals surface area contributed by atoms with Crippen LogP contribution in [-0.4, -0.2) is 59.2 Å². The topological polar surface area (TPSA) is 128 Å². The van der Waals surface area contributed by atoms with Crippen molar-refractivity contribution < 1.29 is 36.4 Å². The van der Waals surface area contributed by atoms with Gasteiger partial charge in [0.2, 0.25) is 11.8 Å². The lowest BCUT2D eigenvalue weighted by Crippen LogP contribution is -2.42. The van der Waals surface area contributed by atoms with Gasteiger partial charge in [-0.05, 0) is 39.0 Å². The SMILES string of the molecule is Cc1c(Oc2ccc(S(=O)(=O)O)cc2F)ncnc1OC1CCN(C(=O)OC(C)C)CC1. The Hall–Kier alpha value is -2.99. The molecule has 0 atom stereocenters. The van der Waals surface area contributed by atoms with E-state index >= 15 is 0 Å². The van der Waals surface area contributed by atoms with Crippen LogP contribution in [0.3, 0.4) is 0 Å². The molecule has 32 heavy (non-hydrogen) atoms. The molecule has 1 N–H and O–H groups in total. The van der Waals surface area contributed by atoms with Crippen LogP contribution in [0.25, 0.3) is 0 Å². The molecule has 0 radical (unpaired) electrons. The number of hydrogen-bond acceptors (Lipinski definition) is 8. The largest absolute Gasteiger partial charge is 0.474 e. The molecular formula is C20H24FN3O7S. The van der Waals surface area contributed by atoms with Gasteiger partial charge in [0.15, 0.2) is 11.6 Å². The van der Waals surface area contributed by atoms with Crippen molar-refractivity contribution in [2.75, 3.05) is 13.1 Å². The number of rotatable bonds is 6. The van der Waals surface area contributed by atoms with Gasteiger partial charge in [-0.15, -0.1) is 0 Å². The molecule has 3 rings (SSSR count). The number of nitrogens with zero attached hydrogens (tertiary/aromatic N) is 3. The number of halogens is 1. The van der Waals surface area contributed by atoms with E-state index in [1.165, 1.54) is 6.33 Å². The Labute approximate surface area is 185 Å². The van der Waals surface area contributed by atoms with E-state index in [4.69, 9.17) is 18.8 Å². The molecular weight excluding hydrogens is 445 g/mol. The van der Waals surface area contributed by atoms with Crippen LogP contribution < -0.4 is 9.47 Å². The molecule has 0 aliphatic carbocycles. The van der Waals surface area contributed by atoms with E-state index in [1.54, 1.807) is 25.7 Å². The predicted molar refractivity (Wildman–Crippen MR) is 110 cm³/mol. The van der Waals surface area contributed by atoms with E-state index in [9.17, 15) is 17.6 Å². The van der Waals surface area contributed by atoms with Gasteiger partial charge in [-0.1, -0.05) is 0 Å². The van der Waals surface area contributed by atoms with Crippen molar-refractivity contribution in [3.63, 3.8) is 0 Å². The zero-order valence-electron chi connectivity index (χ0n) is 17.8. The maximum Gasteiger partial charge on any atom is 0.410 e. The number of piperidine rings is 1. The standard InChI is InChI=1S/C20H24FN3O7S/c1-12(2)29-20(25)24-8-6-14(7-9-24)30-18-13(3)19(23-11-22-18)31-17-5-4-15(10-16(17)21)32(26,27)28/h4-5,10-12,14H,6-9H2,1-3H3,(H,26,27,28). The number of hydrogen-bond donors (Lipinski definition) is 1. The number of likely N-dealkylation sites (tertiary alicyclic amines) is 1. The molecule has 1 aromatic carbocycles. The van der Waals surface area contributed by atoms with Crippen LogP contribution in [0.1, 0.15) is 32.3 Å². The monoisotopic (exact) mass is 469 g/mol. The highest BCUT2D eigenvalue weighted by Gasteiger charge is 2.26. The number of ether oxygens (including phenoxy) is 3. The molecule has 2 heterocycles. The van der Waals surface area contributed by atoms with Gasteiger partial charge < -0.3 is 19.1 Å². The zero-order chi connectivity index (χ0) is 23.5. The molecule has 0 saturated carbocycles. The van der Waals surface area contributed by atoms with E-state index in [0.717, 1.165) is 12.1 Å². The molecule has 1 saturated heterocycles. The van der Waals surface area contributed by atoms with Gasteiger partial charge in [0.05, 0.1) is 16.6 Å². The first-order valence-electron chi connectivity index (χ1n) is 9.93. The smallest absolute Gasteiger partial charge is 0.410 e. The highest BCUT2D eigenvalue weighted by atomic mass is 32.2. The first kappa shape index (κ1) is 23.7. The van der Waals surface area contributed by atoms with E-state index in [0.29, 0.717) is 37.6 Å². The fourth-order valence-corrected chi connectivity index (χ4v) is 3.55. The molecule has 12 heteroatoms. The molecule has 1 fully saturated rings. The highest BCUT2D eigenvalue weighted by Crippen LogP contribution is 2.31. The summed E-state index contributed by atoms with van der Waals surface area (Å²) in [5, 5.41) is 0. The van der Waals surface area contributed by atoms with Crippen LogP contribution in [0, 0.1) is 12.7 Å². The Morgan fingerprint density at radius 2 is 1.88 bits per heavy atom. The quantitative estimate of drug-likeness (QED) is 0.633. The van der Waals surface area contributed by atoms with E-state index in [2.05, 4.69) is 9.97 Å². The first-order chi connectivity index (χ1) is 15.0. The average molecular weight is 469 g/mol. The van der Waals surface area contributed by atoms with Crippen molar-refractivity contribution >= 4 is 16.2 Å². The molecule has 0 unspecified atom stereocenters. The van der Waals surface area contributed by atoms with Crippen molar-refractivity contribution in [2.24, 2.45) is 0 Å². The third-order valence-electron chi connectivity index (χ3n) is 4.71. The van der Waals surface area contributed by atoms with Gasteiger partial charge in [-0.3, -0.25) is 4.55 Å². The summed E-state index contributed by atoms with van der Waals surface area (Å²) in [5.41, 5.74) is 0.424. The van der Waals surface area contributed by atoms with Gasteiger partial charge in [0, 0.05) is 25.9 Å². The molecule has 1 aromatic heterocycles. The van der Waals surface area contributed by atoms with Crippen molar-refractivity contribution in [3.8, 4) is 17.5 Å². The zero-order valence-corrected chi connectivity index (χ0v) is 18.6. The summed E-state index contributed by atoms with van der Waals surface area (Å²) in [7, 11) is -4.54. The van der Waals surface area contributed by atoms with E-state index in [-0.39, 0.29) is 35.8 Å². The molecule has 1 aliphatic rings. The van der Waals surface area contributed by atoms with Gasteiger partial charge in [-0.2, -0.15) is 8.42 Å². The minimum Gasteiger partial charge on any atom is -0.474 e. The molecule has 10 nitrogen and oxygen atoms in total. The lowest BCUT2D eigenvalue weighted by Gasteiger charge is -2.31. The minimum absolute atomic E-state index is 0.0338. The maximum atomic E-state index is 14.2. The van der Waals surface area contributed by atoms with Crippen molar-refractivity contribution in [3.05, 3.63) is 35.9 Å². The fourth-order valence-electron chi connectivity index (χ4n) is 3.06. The van der Waals surface area contributed by atoms with Gasteiger partial charge >= 0.3 is 6.09 Å². The number of carbonyl (C=O) groups excluding carboxylic acids is 1. The van der Waals surface area contributed by atoms with Crippen LogP contribution in [0.2, 0.25) is 0 Å². The van der Waals surface area contributed by atoms with E-state index in [1.807, 2.05) is 0 Å². The van der Waals surface area contributed by atoms with Crippen LogP contribution in [0.4, 0.5) is 9.18 Å². The third kappa shape index (κ3) is 5.82. The lowest BCUT2D eigenvalue weighted by atomic mass is 10.1. The summed E-state index contributed by atoms with van der Waals surface area (Å²) < 4.78 is 62.1. The lowest BCUT2D eigenvalue weighted by molar-refractivity contribution is 0.0505. The number of amides is 1. The summed E-state index contributed by atoms with van der Waals surface area (Å²) in [6.07, 6.45) is 1.64.